The Morgan fingerprint density at radius 1 is 1.19 bits per heavy atom. The van der Waals surface area contributed by atoms with Gasteiger partial charge in [-0.05, 0) is 54.9 Å². The van der Waals surface area contributed by atoms with Gasteiger partial charge >= 0.3 is 0 Å². The summed E-state index contributed by atoms with van der Waals surface area (Å²) in [6, 6.07) is 4.78. The van der Waals surface area contributed by atoms with Crippen LogP contribution in [0.25, 0.3) is 11.1 Å². The molecular formula is C15H18N4OS. The van der Waals surface area contributed by atoms with Gasteiger partial charge in [-0.3, -0.25) is 4.98 Å². The Morgan fingerprint density at radius 3 is 2.52 bits per heavy atom. The van der Waals surface area contributed by atoms with E-state index in [1.54, 1.807) is 12.4 Å². The summed E-state index contributed by atoms with van der Waals surface area (Å²) in [6.45, 7) is 0. The van der Waals surface area contributed by atoms with Crippen molar-refractivity contribution in [2.45, 2.75) is 43.9 Å². The normalized spacial score (nSPS) is 28.0. The van der Waals surface area contributed by atoms with E-state index in [2.05, 4.69) is 14.3 Å². The van der Waals surface area contributed by atoms with Gasteiger partial charge in [0, 0.05) is 24.5 Å². The first-order valence-corrected chi connectivity index (χ1v) is 8.13. The number of fused-ring (bicyclic) bond motifs is 2. The molecule has 2 saturated heterocycles. The van der Waals surface area contributed by atoms with Crippen LogP contribution in [0.2, 0.25) is 0 Å². The van der Waals surface area contributed by atoms with E-state index >= 15 is 0 Å². The highest BCUT2D eigenvalue weighted by Crippen LogP contribution is 2.47. The molecule has 2 aromatic heterocycles. The van der Waals surface area contributed by atoms with Gasteiger partial charge in [0.2, 0.25) is 0 Å². The number of aromatic nitrogens is 2. The van der Waals surface area contributed by atoms with Gasteiger partial charge in [-0.1, -0.05) is 0 Å². The maximum absolute atomic E-state index is 9.97. The molecule has 0 aliphatic carbocycles. The minimum atomic E-state index is -0.159. The van der Waals surface area contributed by atoms with Crippen LogP contribution in [0.15, 0.2) is 24.5 Å². The van der Waals surface area contributed by atoms with Crippen molar-refractivity contribution >= 4 is 22.4 Å². The monoisotopic (exact) mass is 302 g/mol. The number of nitrogens with zero attached hydrogens (tertiary/aromatic N) is 3. The zero-order chi connectivity index (χ0) is 14.4. The molecule has 4 heterocycles. The van der Waals surface area contributed by atoms with Crippen molar-refractivity contribution < 1.29 is 5.11 Å². The first-order chi connectivity index (χ1) is 10.2. The summed E-state index contributed by atoms with van der Waals surface area (Å²) in [5, 5.41) is 11.1. The molecule has 2 aliphatic rings. The van der Waals surface area contributed by atoms with E-state index in [0.29, 0.717) is 17.9 Å². The first-order valence-electron chi connectivity index (χ1n) is 7.36. The molecule has 6 heteroatoms. The van der Waals surface area contributed by atoms with Crippen molar-refractivity contribution in [1.82, 2.24) is 9.36 Å². The van der Waals surface area contributed by atoms with E-state index in [1.807, 2.05) is 12.1 Å². The summed E-state index contributed by atoms with van der Waals surface area (Å²) in [6.07, 6.45) is 7.40. The van der Waals surface area contributed by atoms with Crippen LogP contribution >= 0.6 is 11.5 Å². The standard InChI is InChI=1S/C15H18N4OS/c16-14-13(9-3-5-17-6-4-9)15(21-18-14)19-10-1-2-11(19)8-12(20)7-10/h3-6,10-12,20H,1-2,7-8H2,(H2,16,18). The second kappa shape index (κ2) is 4.96. The number of hydrogen-bond donors (Lipinski definition) is 2. The fourth-order valence-corrected chi connectivity index (χ4v) is 4.72. The largest absolute Gasteiger partial charge is 0.393 e. The molecule has 4 rings (SSSR count). The SMILES string of the molecule is Nc1nsc(N2C3CCC2CC(O)C3)c1-c1ccncc1. The summed E-state index contributed by atoms with van der Waals surface area (Å²) in [4.78, 5) is 6.53. The van der Waals surface area contributed by atoms with Crippen LogP contribution in [0.1, 0.15) is 25.7 Å². The number of pyridine rings is 1. The lowest BCUT2D eigenvalue weighted by Gasteiger charge is -2.38. The summed E-state index contributed by atoms with van der Waals surface area (Å²) in [7, 11) is 0. The van der Waals surface area contributed by atoms with E-state index in [1.165, 1.54) is 11.5 Å². The molecule has 21 heavy (non-hydrogen) atoms. The molecule has 2 atom stereocenters. The third kappa shape index (κ3) is 2.10. The number of rotatable bonds is 2. The molecular weight excluding hydrogens is 284 g/mol. The number of aliphatic hydroxyl groups is 1. The lowest BCUT2D eigenvalue weighted by atomic mass is 9.99. The second-order valence-electron chi connectivity index (χ2n) is 5.90. The third-order valence-corrected chi connectivity index (χ3v) is 5.49. The number of nitrogen functional groups attached to an aromatic ring is 1. The van der Waals surface area contributed by atoms with Crippen molar-refractivity contribution in [1.29, 1.82) is 0 Å². The van der Waals surface area contributed by atoms with Gasteiger partial charge in [0.1, 0.15) is 10.8 Å². The van der Waals surface area contributed by atoms with E-state index in [9.17, 15) is 5.11 Å². The topological polar surface area (TPSA) is 75.3 Å². The van der Waals surface area contributed by atoms with Crippen LogP contribution in [0.4, 0.5) is 10.8 Å². The van der Waals surface area contributed by atoms with Crippen molar-refractivity contribution in [2.75, 3.05) is 10.6 Å². The highest BCUT2D eigenvalue weighted by Gasteiger charge is 2.42. The lowest BCUT2D eigenvalue weighted by molar-refractivity contribution is 0.126. The Morgan fingerprint density at radius 2 is 1.86 bits per heavy atom. The Labute approximate surface area is 127 Å². The third-order valence-electron chi connectivity index (χ3n) is 4.61. The molecule has 0 amide bonds. The zero-order valence-electron chi connectivity index (χ0n) is 11.6. The van der Waals surface area contributed by atoms with Gasteiger partial charge < -0.3 is 15.7 Å². The number of aliphatic hydroxyl groups excluding tert-OH is 1. The van der Waals surface area contributed by atoms with Gasteiger partial charge in [0.05, 0.1) is 11.7 Å². The highest BCUT2D eigenvalue weighted by molar-refractivity contribution is 7.11. The molecule has 2 unspecified atom stereocenters. The molecule has 3 N–H and O–H groups in total. The Kier molecular flexibility index (Phi) is 3.08. The van der Waals surface area contributed by atoms with E-state index in [4.69, 9.17) is 5.73 Å². The molecule has 0 aromatic carbocycles. The van der Waals surface area contributed by atoms with Crippen LogP contribution in [0.3, 0.4) is 0 Å². The fourth-order valence-electron chi connectivity index (χ4n) is 3.74. The van der Waals surface area contributed by atoms with Gasteiger partial charge in [-0.15, -0.1) is 0 Å². The van der Waals surface area contributed by atoms with Crippen LogP contribution in [-0.2, 0) is 0 Å². The molecule has 110 valence electrons. The molecule has 2 fully saturated rings. The smallest absolute Gasteiger partial charge is 0.147 e. The van der Waals surface area contributed by atoms with Crippen molar-refractivity contribution in [3.63, 3.8) is 0 Å². The Balaban J connectivity index is 1.77. The van der Waals surface area contributed by atoms with Crippen molar-refractivity contribution in [3.05, 3.63) is 24.5 Å². The van der Waals surface area contributed by atoms with Crippen molar-refractivity contribution in [2.24, 2.45) is 0 Å². The quantitative estimate of drug-likeness (QED) is 0.890. The van der Waals surface area contributed by atoms with Crippen LogP contribution in [0, 0.1) is 0 Å². The number of hydrogen-bond acceptors (Lipinski definition) is 6. The van der Waals surface area contributed by atoms with Gasteiger partial charge in [0.25, 0.3) is 0 Å². The maximum Gasteiger partial charge on any atom is 0.147 e. The molecule has 5 nitrogen and oxygen atoms in total. The van der Waals surface area contributed by atoms with Gasteiger partial charge in [-0.2, -0.15) is 4.37 Å². The molecule has 2 aliphatic heterocycles. The molecule has 0 saturated carbocycles. The Bertz CT molecular complexity index is 630. The molecule has 0 spiro atoms. The highest BCUT2D eigenvalue weighted by atomic mass is 32.1. The molecule has 2 aromatic rings. The zero-order valence-corrected chi connectivity index (χ0v) is 12.5. The van der Waals surface area contributed by atoms with Gasteiger partial charge in [0.15, 0.2) is 0 Å². The number of anilines is 2. The maximum atomic E-state index is 9.97. The minimum absolute atomic E-state index is 0.159. The minimum Gasteiger partial charge on any atom is -0.393 e. The predicted molar refractivity (Wildman–Crippen MR) is 84.3 cm³/mol. The first kappa shape index (κ1) is 13.0. The lowest BCUT2D eigenvalue weighted by Crippen LogP contribution is -2.44. The molecule has 0 radical (unpaired) electrons. The van der Waals surface area contributed by atoms with Crippen LogP contribution in [-0.4, -0.2) is 32.7 Å². The summed E-state index contributed by atoms with van der Waals surface area (Å²) in [5.74, 6) is 0.590. The summed E-state index contributed by atoms with van der Waals surface area (Å²) in [5.41, 5.74) is 8.21. The fraction of sp³-hybridized carbons (Fsp3) is 0.467. The van der Waals surface area contributed by atoms with Crippen LogP contribution < -0.4 is 10.6 Å². The Hall–Kier alpha value is -1.66. The molecule has 2 bridgehead atoms. The van der Waals surface area contributed by atoms with E-state index in [0.717, 1.165) is 41.8 Å². The van der Waals surface area contributed by atoms with E-state index < -0.39 is 0 Å². The second-order valence-corrected chi connectivity index (χ2v) is 6.65. The van der Waals surface area contributed by atoms with Crippen molar-refractivity contribution in [3.8, 4) is 11.1 Å². The average Bonchev–Trinajstić information content (AvgIpc) is 2.98. The van der Waals surface area contributed by atoms with E-state index in [-0.39, 0.29) is 6.10 Å². The van der Waals surface area contributed by atoms with Gasteiger partial charge in [-0.25, -0.2) is 0 Å². The average molecular weight is 302 g/mol. The summed E-state index contributed by atoms with van der Waals surface area (Å²) < 4.78 is 4.38. The predicted octanol–water partition coefficient (Wildman–Crippen LogP) is 2.28. The van der Waals surface area contributed by atoms with Crippen LogP contribution in [0.5, 0.6) is 0 Å². The number of piperidine rings is 1. The summed E-state index contributed by atoms with van der Waals surface area (Å²) >= 11 is 1.48. The number of nitrogens with two attached hydrogens (primary N) is 1.